The van der Waals surface area contributed by atoms with E-state index in [2.05, 4.69) is 14.3 Å². The Morgan fingerprint density at radius 3 is 2.52 bits per heavy atom. The normalized spacial score (nSPS) is 9.24. The number of amides is 2. The van der Waals surface area contributed by atoms with Gasteiger partial charge in [-0.3, -0.25) is 5.32 Å². The Balaban J connectivity index is 0.000000293. The van der Waals surface area contributed by atoms with Crippen molar-refractivity contribution in [3.05, 3.63) is 41.6 Å². The highest BCUT2D eigenvalue weighted by Gasteiger charge is 2.07. The molecule has 2 amide bonds. The number of nitrogens with one attached hydrogen (secondary N) is 1. The first-order chi connectivity index (χ1) is 11.9. The fourth-order valence-corrected chi connectivity index (χ4v) is 1.78. The van der Waals surface area contributed by atoms with Crippen LogP contribution in [0, 0.1) is 0 Å². The summed E-state index contributed by atoms with van der Waals surface area (Å²) in [6.45, 7) is 2.72. The number of ether oxygens (including phenoxy) is 2. The number of methoxy groups -OCH3 is 1. The summed E-state index contributed by atoms with van der Waals surface area (Å²) in [5, 5.41) is 2.04. The first-order valence-electron chi connectivity index (χ1n) is 6.83. The zero-order valence-corrected chi connectivity index (χ0v) is 14.9. The number of benzene rings is 1. The van der Waals surface area contributed by atoms with Gasteiger partial charge in [0, 0.05) is 6.07 Å². The summed E-state index contributed by atoms with van der Waals surface area (Å²) in [5.41, 5.74) is 0. The van der Waals surface area contributed by atoms with Crippen LogP contribution in [0.1, 0.15) is 6.92 Å². The van der Waals surface area contributed by atoms with Gasteiger partial charge in [0.05, 0.1) is 13.7 Å². The van der Waals surface area contributed by atoms with Crippen LogP contribution in [0.2, 0.25) is 5.15 Å². The fourth-order valence-electron chi connectivity index (χ4n) is 1.43. The predicted molar refractivity (Wildman–Crippen MR) is 91.6 cm³/mol. The second-order valence-electron chi connectivity index (χ2n) is 4.04. The highest BCUT2D eigenvalue weighted by molar-refractivity contribution is 7.62. The maximum absolute atomic E-state index is 10.9. The molecule has 25 heavy (non-hydrogen) atoms. The highest BCUT2D eigenvalue weighted by Crippen LogP contribution is 2.15. The minimum atomic E-state index is -2.84. The Labute approximate surface area is 150 Å². The molecule has 1 aromatic heterocycles. The standard InChI is InChI=1S/C8H10O.C6H5ClN4O4S/c1-2-9-8-6-4-3-5-7-8;1-15-4-2-3(7)8-5(9-4)10-6(12)11-16(13)14/h3-7H,2H2,1H3;2H,1H3,(H,8,9,10,12). The summed E-state index contributed by atoms with van der Waals surface area (Å²) < 4.78 is 32.8. The van der Waals surface area contributed by atoms with Gasteiger partial charge in [-0.25, -0.2) is 9.78 Å². The highest BCUT2D eigenvalue weighted by atomic mass is 35.5. The van der Waals surface area contributed by atoms with Crippen LogP contribution >= 0.6 is 11.6 Å². The van der Waals surface area contributed by atoms with Crippen LogP contribution in [0.15, 0.2) is 40.8 Å². The van der Waals surface area contributed by atoms with Gasteiger partial charge in [0.15, 0.2) is 0 Å². The smallest absolute Gasteiger partial charge is 0.362 e. The van der Waals surface area contributed by atoms with Crippen molar-refractivity contribution in [3.8, 4) is 11.6 Å². The predicted octanol–water partition coefficient (Wildman–Crippen LogP) is 2.82. The number of hydrogen-bond donors (Lipinski definition) is 1. The zero-order chi connectivity index (χ0) is 18.7. The van der Waals surface area contributed by atoms with Crippen molar-refractivity contribution in [2.45, 2.75) is 6.92 Å². The Hall–Kier alpha value is -2.72. The first-order valence-corrected chi connectivity index (χ1v) is 8.24. The van der Waals surface area contributed by atoms with E-state index in [1.54, 1.807) is 0 Å². The molecule has 0 unspecified atom stereocenters. The molecule has 2 aromatic rings. The summed E-state index contributed by atoms with van der Waals surface area (Å²) in [6, 6.07) is 9.99. The van der Waals surface area contributed by atoms with E-state index in [-0.39, 0.29) is 17.0 Å². The third-order valence-corrected chi connectivity index (χ3v) is 2.82. The molecule has 0 bridgehead atoms. The van der Waals surface area contributed by atoms with Gasteiger partial charge in [-0.2, -0.15) is 13.4 Å². The number of hydrogen-bond acceptors (Lipinski definition) is 7. The number of nitrogens with zero attached hydrogens (tertiary/aromatic N) is 3. The molecule has 0 saturated carbocycles. The van der Waals surface area contributed by atoms with Crippen molar-refractivity contribution in [2.75, 3.05) is 19.0 Å². The van der Waals surface area contributed by atoms with E-state index < -0.39 is 16.5 Å². The number of para-hydroxylation sites is 1. The third kappa shape index (κ3) is 8.63. The van der Waals surface area contributed by atoms with Gasteiger partial charge in [-0.05, 0) is 19.1 Å². The molecule has 0 radical (unpaired) electrons. The average molecular weight is 387 g/mol. The number of urea groups is 1. The van der Waals surface area contributed by atoms with Crippen LogP contribution in [-0.2, 0) is 10.5 Å². The van der Waals surface area contributed by atoms with Gasteiger partial charge < -0.3 is 9.47 Å². The molecule has 2 rings (SSSR count). The molecule has 0 atom stereocenters. The second kappa shape index (κ2) is 10.9. The maximum atomic E-state index is 10.9. The van der Waals surface area contributed by atoms with Crippen LogP contribution in [0.4, 0.5) is 10.7 Å². The number of carbonyl (C=O) groups excluding carboxylic acids is 1. The lowest BCUT2D eigenvalue weighted by atomic mass is 10.3. The van der Waals surface area contributed by atoms with E-state index in [9.17, 15) is 13.2 Å². The minimum absolute atomic E-state index is 0.0328. The van der Waals surface area contributed by atoms with Gasteiger partial charge in [0.25, 0.3) is 0 Å². The van der Waals surface area contributed by atoms with Gasteiger partial charge >= 0.3 is 16.5 Å². The molecule has 0 aliphatic heterocycles. The van der Waals surface area contributed by atoms with Crippen molar-refractivity contribution < 1.29 is 22.7 Å². The third-order valence-electron chi connectivity index (χ3n) is 2.31. The lowest BCUT2D eigenvalue weighted by Crippen LogP contribution is -2.09. The Morgan fingerprint density at radius 1 is 1.28 bits per heavy atom. The molecule has 0 aliphatic rings. The maximum Gasteiger partial charge on any atom is 0.362 e. The van der Waals surface area contributed by atoms with Crippen molar-refractivity contribution >= 4 is 34.1 Å². The molecular formula is C14H15ClN4O5S. The molecule has 11 heteroatoms. The van der Waals surface area contributed by atoms with E-state index in [4.69, 9.17) is 21.1 Å². The van der Waals surface area contributed by atoms with Gasteiger partial charge in [-0.1, -0.05) is 34.2 Å². The summed E-state index contributed by atoms with van der Waals surface area (Å²) in [4.78, 5) is 18.2. The average Bonchev–Trinajstić information content (AvgIpc) is 2.55. The van der Waals surface area contributed by atoms with Gasteiger partial charge in [0.1, 0.15) is 10.9 Å². The van der Waals surface area contributed by atoms with Crippen LogP contribution in [-0.4, -0.2) is 38.1 Å². The van der Waals surface area contributed by atoms with Crippen molar-refractivity contribution in [1.29, 1.82) is 0 Å². The molecule has 0 fully saturated rings. The first kappa shape index (κ1) is 20.3. The molecule has 1 heterocycles. The molecule has 0 spiro atoms. The Morgan fingerprint density at radius 2 is 1.96 bits per heavy atom. The zero-order valence-electron chi connectivity index (χ0n) is 13.3. The summed E-state index contributed by atoms with van der Waals surface area (Å²) in [5.74, 6) is 0.863. The Bertz CT molecular complexity index is 822. The molecule has 0 aliphatic carbocycles. The van der Waals surface area contributed by atoms with E-state index in [1.807, 2.05) is 42.6 Å². The SMILES string of the molecule is CCOc1ccccc1.COc1cc(Cl)nc(NC(=O)N=S(=O)=O)n1. The molecule has 9 nitrogen and oxygen atoms in total. The van der Waals surface area contributed by atoms with Crippen LogP contribution in [0.5, 0.6) is 11.6 Å². The number of halogens is 1. The number of rotatable bonds is 4. The van der Waals surface area contributed by atoms with Gasteiger partial charge in [0.2, 0.25) is 11.8 Å². The quantitative estimate of drug-likeness (QED) is 0.802. The molecular weight excluding hydrogens is 372 g/mol. The van der Waals surface area contributed by atoms with E-state index in [1.165, 1.54) is 13.2 Å². The van der Waals surface area contributed by atoms with Crippen molar-refractivity contribution in [3.63, 3.8) is 0 Å². The number of aromatic nitrogens is 2. The summed E-state index contributed by atoms with van der Waals surface area (Å²) >= 11 is 5.58. The molecule has 1 aromatic carbocycles. The van der Waals surface area contributed by atoms with Gasteiger partial charge in [-0.15, -0.1) is 0 Å². The Kier molecular flexibility index (Phi) is 8.90. The van der Waals surface area contributed by atoms with E-state index in [0.717, 1.165) is 12.4 Å². The van der Waals surface area contributed by atoms with Crippen LogP contribution in [0.25, 0.3) is 0 Å². The topological polar surface area (TPSA) is 120 Å². The molecule has 1 N–H and O–H groups in total. The van der Waals surface area contributed by atoms with Crippen LogP contribution < -0.4 is 14.8 Å². The van der Waals surface area contributed by atoms with Crippen molar-refractivity contribution in [2.24, 2.45) is 4.36 Å². The monoisotopic (exact) mass is 386 g/mol. The largest absolute Gasteiger partial charge is 0.494 e. The fraction of sp³-hybridized carbons (Fsp3) is 0.214. The molecule has 0 saturated heterocycles. The minimum Gasteiger partial charge on any atom is -0.494 e. The number of anilines is 1. The second-order valence-corrected chi connectivity index (χ2v) is 5.05. The van der Waals surface area contributed by atoms with E-state index in [0.29, 0.717) is 0 Å². The number of carbonyl (C=O) groups is 1. The lowest BCUT2D eigenvalue weighted by molar-refractivity contribution is 0.259. The molecule has 134 valence electrons. The van der Waals surface area contributed by atoms with Crippen molar-refractivity contribution in [1.82, 2.24) is 9.97 Å². The van der Waals surface area contributed by atoms with E-state index >= 15 is 0 Å². The lowest BCUT2D eigenvalue weighted by Gasteiger charge is -2.02. The van der Waals surface area contributed by atoms with Crippen LogP contribution in [0.3, 0.4) is 0 Å². The summed E-state index contributed by atoms with van der Waals surface area (Å²) in [6.07, 6.45) is 0. The summed E-state index contributed by atoms with van der Waals surface area (Å²) in [7, 11) is -1.49.